The zero-order chi connectivity index (χ0) is 14.6. The van der Waals surface area contributed by atoms with Crippen LogP contribution in [0.4, 0.5) is 0 Å². The van der Waals surface area contributed by atoms with Crippen molar-refractivity contribution in [3.63, 3.8) is 0 Å². The number of aromatic nitrogens is 1. The molecule has 0 saturated heterocycles. The standard InChI is InChI=1S/C10H5BrN2O.Cl3OP/c11-9-2-8-7(5-14)4-13-10(8)1-6(9)3-12;1-5(2,3)4/h1-2,4-5,13H;. The molecule has 1 aromatic heterocycles. The van der Waals surface area contributed by atoms with E-state index in [4.69, 9.17) is 5.26 Å². The molecule has 0 spiro atoms. The number of nitrogens with one attached hydrogen (secondary N) is 1. The minimum atomic E-state index is -3.22. The van der Waals surface area contributed by atoms with Crippen LogP contribution in [-0.4, -0.2) is 11.3 Å². The molecule has 0 radical (unpaired) electrons. The van der Waals surface area contributed by atoms with E-state index in [0.29, 0.717) is 15.6 Å². The SMILES string of the molecule is N#Cc1cc2[nH]cc(C=O)c2cc1Br.O=P(Cl)(Cl)Cl. The summed E-state index contributed by atoms with van der Waals surface area (Å²) < 4.78 is 10.2. The van der Waals surface area contributed by atoms with Crippen molar-refractivity contribution in [3.8, 4) is 6.07 Å². The molecule has 0 bridgehead atoms. The van der Waals surface area contributed by atoms with Gasteiger partial charge in [0, 0.05) is 27.1 Å². The fourth-order valence-electron chi connectivity index (χ4n) is 1.35. The number of halogens is 4. The van der Waals surface area contributed by atoms with Crippen LogP contribution in [0.25, 0.3) is 10.9 Å². The van der Waals surface area contributed by atoms with Crippen molar-refractivity contribution in [1.82, 2.24) is 4.98 Å². The van der Waals surface area contributed by atoms with Gasteiger partial charge in [0.05, 0.1) is 5.56 Å². The molecule has 0 aliphatic rings. The van der Waals surface area contributed by atoms with E-state index in [1.807, 2.05) is 0 Å². The zero-order valence-electron chi connectivity index (χ0n) is 9.03. The molecule has 0 atom stereocenters. The molecule has 1 aromatic carbocycles. The molecule has 2 rings (SSSR count). The van der Waals surface area contributed by atoms with Gasteiger partial charge in [0.2, 0.25) is 0 Å². The van der Waals surface area contributed by atoms with Crippen LogP contribution in [-0.2, 0) is 4.57 Å². The maximum absolute atomic E-state index is 10.6. The van der Waals surface area contributed by atoms with E-state index in [1.165, 1.54) is 0 Å². The molecular formula is C10H5BrCl3N2O2P. The molecular weight excluding hydrogens is 397 g/mol. The molecule has 2 aromatic rings. The summed E-state index contributed by atoms with van der Waals surface area (Å²) in [4.78, 5) is 13.6. The summed E-state index contributed by atoms with van der Waals surface area (Å²) in [7, 11) is 0. The minimum Gasteiger partial charge on any atom is -0.360 e. The Hall–Kier alpha value is -0.500. The number of H-pyrrole nitrogens is 1. The van der Waals surface area contributed by atoms with E-state index in [1.54, 1.807) is 18.3 Å². The quantitative estimate of drug-likeness (QED) is 0.511. The fraction of sp³-hybridized carbons (Fsp3) is 0. The second-order valence-corrected chi connectivity index (χ2v) is 10.7. The van der Waals surface area contributed by atoms with E-state index in [9.17, 15) is 9.36 Å². The van der Waals surface area contributed by atoms with Crippen LogP contribution in [0.15, 0.2) is 22.8 Å². The lowest BCUT2D eigenvalue weighted by Crippen LogP contribution is -1.79. The lowest BCUT2D eigenvalue weighted by molar-refractivity contribution is 0.112. The number of rotatable bonds is 1. The number of carbonyl (C=O) groups excluding carboxylic acids is 1. The highest BCUT2D eigenvalue weighted by Crippen LogP contribution is 2.61. The molecule has 1 heterocycles. The normalized spacial score (nSPS) is 10.5. The smallest absolute Gasteiger partial charge is 0.339 e. The van der Waals surface area contributed by atoms with Crippen molar-refractivity contribution in [2.24, 2.45) is 0 Å². The van der Waals surface area contributed by atoms with Crippen LogP contribution >= 0.6 is 54.9 Å². The van der Waals surface area contributed by atoms with Gasteiger partial charge in [-0.05, 0) is 61.8 Å². The summed E-state index contributed by atoms with van der Waals surface area (Å²) in [6.07, 6.45) is 2.42. The van der Waals surface area contributed by atoms with Crippen molar-refractivity contribution in [3.05, 3.63) is 33.9 Å². The van der Waals surface area contributed by atoms with Crippen LogP contribution < -0.4 is 0 Å². The van der Waals surface area contributed by atoms with Crippen LogP contribution in [0.5, 0.6) is 0 Å². The first-order valence-corrected chi connectivity index (χ1v) is 9.82. The predicted octanol–water partition coefficient (Wildman–Crippen LogP) is 5.43. The average Bonchev–Trinajstić information content (AvgIpc) is 2.67. The van der Waals surface area contributed by atoms with Gasteiger partial charge in [-0.1, -0.05) is 0 Å². The van der Waals surface area contributed by atoms with Gasteiger partial charge in [0.25, 0.3) is 0 Å². The van der Waals surface area contributed by atoms with Crippen molar-refractivity contribution in [1.29, 1.82) is 5.26 Å². The monoisotopic (exact) mass is 400 g/mol. The third kappa shape index (κ3) is 5.18. The first kappa shape index (κ1) is 16.6. The second-order valence-electron chi connectivity index (χ2n) is 3.25. The van der Waals surface area contributed by atoms with Gasteiger partial charge in [-0.25, -0.2) is 0 Å². The topological polar surface area (TPSA) is 73.7 Å². The van der Waals surface area contributed by atoms with Crippen molar-refractivity contribution in [2.75, 3.05) is 0 Å². The molecule has 0 aliphatic heterocycles. The molecule has 9 heteroatoms. The number of hydrogen-bond acceptors (Lipinski definition) is 3. The lowest BCUT2D eigenvalue weighted by Gasteiger charge is -1.95. The van der Waals surface area contributed by atoms with E-state index in [0.717, 1.165) is 17.2 Å². The number of aldehydes is 1. The Kier molecular flexibility index (Phi) is 5.91. The number of benzene rings is 1. The van der Waals surface area contributed by atoms with E-state index in [-0.39, 0.29) is 0 Å². The molecule has 0 fully saturated rings. The number of hydrogen-bond donors (Lipinski definition) is 1. The molecule has 0 amide bonds. The third-order valence-electron chi connectivity index (χ3n) is 2.05. The lowest BCUT2D eigenvalue weighted by atomic mass is 10.1. The molecule has 0 unspecified atom stereocenters. The predicted molar refractivity (Wildman–Crippen MR) is 81.3 cm³/mol. The minimum absolute atomic E-state index is 0.553. The molecule has 1 N–H and O–H groups in total. The molecule has 4 nitrogen and oxygen atoms in total. The summed E-state index contributed by atoms with van der Waals surface area (Å²) in [5.41, 5.74) is 1.95. The first-order valence-electron chi connectivity index (χ1n) is 4.61. The summed E-state index contributed by atoms with van der Waals surface area (Å²) >= 11 is 17.1. The average molecular weight is 402 g/mol. The number of aromatic amines is 1. The Labute approximate surface area is 131 Å². The van der Waals surface area contributed by atoms with Crippen molar-refractivity contribution >= 4 is 72.0 Å². The number of nitriles is 1. The zero-order valence-corrected chi connectivity index (χ0v) is 13.8. The largest absolute Gasteiger partial charge is 0.360 e. The fourth-order valence-corrected chi connectivity index (χ4v) is 1.78. The van der Waals surface area contributed by atoms with Crippen LogP contribution in [0.2, 0.25) is 0 Å². The van der Waals surface area contributed by atoms with E-state index >= 15 is 0 Å². The Morgan fingerprint density at radius 2 is 1.95 bits per heavy atom. The Morgan fingerprint density at radius 3 is 2.42 bits per heavy atom. The summed E-state index contributed by atoms with van der Waals surface area (Å²) in [6.45, 7) is 0. The van der Waals surface area contributed by atoms with Gasteiger partial charge in [0.15, 0.2) is 6.29 Å². The molecule has 0 saturated carbocycles. The van der Waals surface area contributed by atoms with Gasteiger partial charge >= 0.3 is 5.20 Å². The second kappa shape index (κ2) is 6.78. The maximum Gasteiger partial charge on any atom is 0.339 e. The Morgan fingerprint density at radius 1 is 1.37 bits per heavy atom. The van der Waals surface area contributed by atoms with Crippen LogP contribution in [0.3, 0.4) is 0 Å². The van der Waals surface area contributed by atoms with Gasteiger partial charge in [-0.3, -0.25) is 9.36 Å². The Balaban J connectivity index is 0.000000312. The van der Waals surface area contributed by atoms with Gasteiger partial charge in [-0.2, -0.15) is 5.26 Å². The highest BCUT2D eigenvalue weighted by molar-refractivity contribution is 9.10. The highest BCUT2D eigenvalue weighted by atomic mass is 79.9. The molecule has 19 heavy (non-hydrogen) atoms. The first-order chi connectivity index (χ1) is 8.76. The summed E-state index contributed by atoms with van der Waals surface area (Å²) in [5, 5.41) is 6.38. The third-order valence-corrected chi connectivity index (χ3v) is 2.70. The number of carbonyl (C=O) groups is 1. The molecule has 100 valence electrons. The molecule has 0 aliphatic carbocycles. The van der Waals surface area contributed by atoms with Crippen molar-refractivity contribution in [2.45, 2.75) is 0 Å². The highest BCUT2D eigenvalue weighted by Gasteiger charge is 2.06. The van der Waals surface area contributed by atoms with E-state index < -0.39 is 5.20 Å². The maximum atomic E-state index is 10.6. The Bertz CT molecular complexity index is 696. The van der Waals surface area contributed by atoms with Crippen LogP contribution in [0, 0.1) is 11.3 Å². The van der Waals surface area contributed by atoms with Gasteiger partial charge in [-0.15, -0.1) is 0 Å². The van der Waals surface area contributed by atoms with E-state index in [2.05, 4.69) is 60.7 Å². The number of fused-ring (bicyclic) bond motifs is 1. The summed E-state index contributed by atoms with van der Waals surface area (Å²) in [5.74, 6) is 0. The van der Waals surface area contributed by atoms with Crippen molar-refractivity contribution < 1.29 is 9.36 Å². The summed E-state index contributed by atoms with van der Waals surface area (Å²) in [6, 6.07) is 5.55. The van der Waals surface area contributed by atoms with Crippen LogP contribution in [0.1, 0.15) is 15.9 Å². The van der Waals surface area contributed by atoms with Gasteiger partial charge < -0.3 is 4.98 Å². The number of nitrogens with zero attached hydrogens (tertiary/aromatic N) is 1. The van der Waals surface area contributed by atoms with Gasteiger partial charge in [0.1, 0.15) is 6.07 Å².